The van der Waals surface area contributed by atoms with Gasteiger partial charge in [-0.05, 0) is 72.8 Å². The number of nitrogens with zero attached hydrogens (tertiary/aromatic N) is 2. The first-order valence-corrected chi connectivity index (χ1v) is 12.8. The van der Waals surface area contributed by atoms with Crippen LogP contribution in [0, 0.1) is 0 Å². The molecule has 4 nitrogen and oxygen atoms in total. The summed E-state index contributed by atoms with van der Waals surface area (Å²) < 4.78 is 5.75. The van der Waals surface area contributed by atoms with Gasteiger partial charge in [-0.3, -0.25) is 14.0 Å². The highest BCUT2D eigenvalue weighted by molar-refractivity contribution is 8.03. The Bertz CT molecular complexity index is 536. The lowest BCUT2D eigenvalue weighted by molar-refractivity contribution is 0.349. The highest BCUT2D eigenvalue weighted by atomic mass is 32.2. The van der Waals surface area contributed by atoms with Crippen LogP contribution in [0.3, 0.4) is 0 Å². The van der Waals surface area contributed by atoms with Crippen molar-refractivity contribution in [3.63, 3.8) is 0 Å². The van der Waals surface area contributed by atoms with E-state index in [0.29, 0.717) is 18.3 Å². The van der Waals surface area contributed by atoms with Gasteiger partial charge in [0, 0.05) is 23.4 Å². The number of hydrogen-bond acceptors (Lipinski definition) is 5. The molecule has 29 heavy (non-hydrogen) atoms. The van der Waals surface area contributed by atoms with E-state index in [1.54, 1.807) is 23.9 Å². The van der Waals surface area contributed by atoms with Crippen LogP contribution in [0.5, 0.6) is 0 Å². The van der Waals surface area contributed by atoms with Gasteiger partial charge in [0.05, 0.1) is 10.3 Å². The summed E-state index contributed by atoms with van der Waals surface area (Å²) in [5.74, 6) is 0. The van der Waals surface area contributed by atoms with Crippen molar-refractivity contribution in [2.24, 2.45) is 10.7 Å². The second kappa shape index (κ2) is 12.3. The van der Waals surface area contributed by atoms with Crippen molar-refractivity contribution in [1.29, 1.82) is 0 Å². The molecule has 0 rings (SSSR count). The predicted molar refractivity (Wildman–Crippen MR) is 141 cm³/mol. The van der Waals surface area contributed by atoms with Gasteiger partial charge in [0.25, 0.3) is 0 Å². The Morgan fingerprint density at radius 2 is 1.72 bits per heavy atom. The molecule has 3 N–H and O–H groups in total. The molecule has 0 radical (unpaired) electrons. The van der Waals surface area contributed by atoms with Crippen molar-refractivity contribution in [2.75, 3.05) is 13.1 Å². The summed E-state index contributed by atoms with van der Waals surface area (Å²) in [5, 5.41) is 0.706. The van der Waals surface area contributed by atoms with Gasteiger partial charge in [0.1, 0.15) is 0 Å². The van der Waals surface area contributed by atoms with Crippen LogP contribution in [0.15, 0.2) is 17.6 Å². The van der Waals surface area contributed by atoms with E-state index in [1.807, 2.05) is 6.08 Å². The highest BCUT2D eigenvalue weighted by Gasteiger charge is 2.45. The Hall–Kier alpha value is 0.180. The maximum Gasteiger partial charge on any atom is 0.167 e. The van der Waals surface area contributed by atoms with Crippen molar-refractivity contribution in [3.05, 3.63) is 12.7 Å². The molecule has 0 aromatic heterocycles. The standard InChI is InChI=1S/C22H46N4S3/c1-11-15-19(5,6)25-28-22(10,14-4)21(9,17-23)24-18(27)26(16-12-2)29-20(7,8)13-3/h12,25H,2,11,13-17,23H2,1,3-10H3,(H,24,27). The van der Waals surface area contributed by atoms with Crippen LogP contribution in [0.4, 0.5) is 0 Å². The van der Waals surface area contributed by atoms with Gasteiger partial charge in [0.15, 0.2) is 5.17 Å². The molecular weight excluding hydrogens is 416 g/mol. The van der Waals surface area contributed by atoms with E-state index in [9.17, 15) is 0 Å². The lowest BCUT2D eigenvalue weighted by Gasteiger charge is -2.44. The van der Waals surface area contributed by atoms with Gasteiger partial charge in [-0.2, -0.15) is 0 Å². The van der Waals surface area contributed by atoms with E-state index < -0.39 is 5.54 Å². The smallest absolute Gasteiger partial charge is 0.167 e. The second-order valence-corrected chi connectivity index (χ2v) is 12.8. The summed E-state index contributed by atoms with van der Waals surface area (Å²) in [6.07, 6.45) is 6.17. The minimum atomic E-state index is -0.463. The lowest BCUT2D eigenvalue weighted by Crippen LogP contribution is -2.54. The molecule has 0 aromatic carbocycles. The zero-order valence-corrected chi connectivity index (χ0v) is 22.8. The first kappa shape index (κ1) is 29.2. The number of nitrogens with two attached hydrogens (primary N) is 1. The summed E-state index contributed by atoms with van der Waals surface area (Å²) in [6, 6.07) is 0. The predicted octanol–water partition coefficient (Wildman–Crippen LogP) is 6.30. The van der Waals surface area contributed by atoms with Crippen molar-refractivity contribution in [1.82, 2.24) is 9.03 Å². The molecule has 0 aliphatic carbocycles. The molecule has 2 unspecified atom stereocenters. The summed E-state index contributed by atoms with van der Waals surface area (Å²) in [7, 11) is 0. The third kappa shape index (κ3) is 9.06. The molecule has 0 aromatic rings. The fourth-order valence-electron chi connectivity index (χ4n) is 2.79. The molecule has 0 heterocycles. The van der Waals surface area contributed by atoms with Gasteiger partial charge in [-0.15, -0.1) is 19.2 Å². The fraction of sp³-hybridized carbons (Fsp3) is 0.864. The Labute approximate surface area is 195 Å². The molecule has 0 aliphatic heterocycles. The summed E-state index contributed by atoms with van der Waals surface area (Å²) in [6.45, 7) is 25.1. The van der Waals surface area contributed by atoms with Gasteiger partial charge >= 0.3 is 0 Å². The molecule has 7 heteroatoms. The Balaban J connectivity index is 5.80. The van der Waals surface area contributed by atoms with Crippen LogP contribution in [0.2, 0.25) is 0 Å². The third-order valence-corrected chi connectivity index (χ3v) is 9.35. The maximum atomic E-state index is 6.31. The van der Waals surface area contributed by atoms with Crippen LogP contribution in [-0.4, -0.2) is 43.1 Å². The van der Waals surface area contributed by atoms with E-state index in [2.05, 4.69) is 77.9 Å². The van der Waals surface area contributed by atoms with E-state index in [4.69, 9.17) is 23.4 Å². The molecule has 0 bridgehead atoms. The number of aliphatic imine (C=N–C) groups is 1. The van der Waals surface area contributed by atoms with E-state index >= 15 is 0 Å². The largest absolute Gasteiger partial charge is 0.328 e. The summed E-state index contributed by atoms with van der Waals surface area (Å²) in [5.41, 5.74) is 5.92. The maximum absolute atomic E-state index is 6.31. The van der Waals surface area contributed by atoms with Gasteiger partial charge in [-0.1, -0.05) is 45.2 Å². The van der Waals surface area contributed by atoms with E-state index in [-0.39, 0.29) is 15.0 Å². The van der Waals surface area contributed by atoms with Crippen molar-refractivity contribution >= 4 is 41.7 Å². The van der Waals surface area contributed by atoms with Crippen LogP contribution < -0.4 is 10.5 Å². The average molecular weight is 463 g/mol. The minimum absolute atomic E-state index is 0.0642. The molecule has 0 aliphatic rings. The molecule has 0 saturated carbocycles. The van der Waals surface area contributed by atoms with E-state index in [1.165, 1.54) is 0 Å². The van der Waals surface area contributed by atoms with Crippen LogP contribution in [0.25, 0.3) is 0 Å². The van der Waals surface area contributed by atoms with Crippen molar-refractivity contribution in [3.8, 4) is 0 Å². The average Bonchev–Trinajstić information content (AvgIpc) is 2.65. The topological polar surface area (TPSA) is 53.6 Å². The van der Waals surface area contributed by atoms with Crippen molar-refractivity contribution in [2.45, 2.75) is 109 Å². The second-order valence-electron chi connectivity index (χ2n) is 9.37. The Morgan fingerprint density at radius 3 is 2.14 bits per heavy atom. The van der Waals surface area contributed by atoms with Gasteiger partial charge in [-0.25, -0.2) is 0 Å². The van der Waals surface area contributed by atoms with Crippen LogP contribution >= 0.6 is 36.5 Å². The zero-order chi connectivity index (χ0) is 22.9. The molecule has 0 saturated heterocycles. The van der Waals surface area contributed by atoms with Gasteiger partial charge in [0.2, 0.25) is 0 Å². The van der Waals surface area contributed by atoms with Crippen molar-refractivity contribution < 1.29 is 0 Å². The molecule has 0 amide bonds. The zero-order valence-electron chi connectivity index (χ0n) is 20.3. The van der Waals surface area contributed by atoms with E-state index in [0.717, 1.165) is 25.7 Å². The molecule has 2 atom stereocenters. The van der Waals surface area contributed by atoms with Crippen LogP contribution in [-0.2, 0) is 0 Å². The normalized spacial score (nSPS) is 17.6. The highest BCUT2D eigenvalue weighted by Crippen LogP contribution is 2.42. The quantitative estimate of drug-likeness (QED) is 0.0929. The minimum Gasteiger partial charge on any atom is -0.328 e. The number of nitrogens with one attached hydrogen (secondary N) is 1. The summed E-state index contributed by atoms with van der Waals surface area (Å²) in [4.78, 5) is 5.11. The first-order valence-electron chi connectivity index (χ1n) is 10.8. The molecule has 0 fully saturated rings. The molecular formula is C22H46N4S3. The fourth-order valence-corrected chi connectivity index (χ4v) is 5.34. The lowest BCUT2D eigenvalue weighted by atomic mass is 9.84. The third-order valence-electron chi connectivity index (χ3n) is 5.71. The monoisotopic (exact) mass is 462 g/mol. The number of amidine groups is 1. The first-order chi connectivity index (χ1) is 13.2. The van der Waals surface area contributed by atoms with Gasteiger partial charge < -0.3 is 5.73 Å². The van der Waals surface area contributed by atoms with Crippen LogP contribution in [0.1, 0.15) is 88.0 Å². The Kier molecular flexibility index (Phi) is 12.4. The molecule has 172 valence electrons. The number of rotatable bonds is 14. The Morgan fingerprint density at radius 1 is 1.14 bits per heavy atom. The number of thiol groups is 1. The SMILES string of the molecule is C=CCN(SC(C)(C)CC)C(S)=NC(C)(CN)C(C)(CC)SNC(C)(C)CCC. The molecule has 0 spiro atoms. The number of hydrogen-bond donors (Lipinski definition) is 3. The summed E-state index contributed by atoms with van der Waals surface area (Å²) >= 11 is 8.34.